The molecule has 0 unspecified atom stereocenters. The minimum absolute atomic E-state index is 0.0389. The van der Waals surface area contributed by atoms with Gasteiger partial charge in [-0.25, -0.2) is 0 Å². The van der Waals surface area contributed by atoms with Gasteiger partial charge in [0, 0.05) is 39.4 Å². The third kappa shape index (κ3) is 3.16. The second kappa shape index (κ2) is 7.56. The lowest BCUT2D eigenvalue weighted by Gasteiger charge is -2.10. The molecule has 30 heavy (non-hydrogen) atoms. The maximum absolute atomic E-state index is 12.5. The first-order valence-electron chi connectivity index (χ1n) is 10.2. The van der Waals surface area contributed by atoms with Gasteiger partial charge in [-0.1, -0.05) is 54.6 Å². The predicted octanol–water partition coefficient (Wildman–Crippen LogP) is 5.99. The van der Waals surface area contributed by atoms with E-state index in [1.165, 1.54) is 16.4 Å². The first kappa shape index (κ1) is 18.3. The fourth-order valence-corrected chi connectivity index (χ4v) is 4.13. The number of fused-ring (bicyclic) bond motifs is 4. The summed E-state index contributed by atoms with van der Waals surface area (Å²) in [5.41, 5.74) is 3.15. The van der Waals surface area contributed by atoms with Crippen molar-refractivity contribution in [1.29, 1.82) is 0 Å². The van der Waals surface area contributed by atoms with Crippen LogP contribution >= 0.6 is 0 Å². The van der Waals surface area contributed by atoms with Crippen LogP contribution in [0.3, 0.4) is 0 Å². The molecule has 0 atom stereocenters. The van der Waals surface area contributed by atoms with Crippen LogP contribution in [-0.2, 0) is 11.3 Å². The summed E-state index contributed by atoms with van der Waals surface area (Å²) in [4.78, 5) is 12.5. The van der Waals surface area contributed by atoms with E-state index in [4.69, 9.17) is 4.74 Å². The zero-order valence-electron chi connectivity index (χ0n) is 16.8. The molecule has 1 amide bonds. The molecule has 0 saturated carbocycles. The Morgan fingerprint density at radius 1 is 0.833 bits per heavy atom. The number of rotatable bonds is 5. The lowest BCUT2D eigenvalue weighted by Crippen LogP contribution is -2.20. The summed E-state index contributed by atoms with van der Waals surface area (Å²) in [5, 5.41) is 7.39. The number of benzene rings is 4. The number of aryl methyl sites for hydroxylation is 1. The molecule has 5 aromatic rings. The number of aromatic nitrogens is 1. The van der Waals surface area contributed by atoms with Crippen molar-refractivity contribution in [1.82, 2.24) is 4.57 Å². The average molecular weight is 394 g/mol. The summed E-state index contributed by atoms with van der Waals surface area (Å²) in [6, 6.07) is 28.3. The van der Waals surface area contributed by atoms with Gasteiger partial charge in [-0.15, -0.1) is 0 Å². The van der Waals surface area contributed by atoms with Gasteiger partial charge in [0.1, 0.15) is 5.75 Å². The third-order valence-corrected chi connectivity index (χ3v) is 5.48. The lowest BCUT2D eigenvalue weighted by molar-refractivity contribution is -0.118. The third-order valence-electron chi connectivity index (χ3n) is 5.48. The van der Waals surface area contributed by atoms with Crippen LogP contribution in [0.4, 0.5) is 5.69 Å². The molecule has 5 rings (SSSR count). The van der Waals surface area contributed by atoms with E-state index in [1.54, 1.807) is 0 Å². The number of nitrogens with zero attached hydrogens (tertiary/aromatic N) is 1. The number of anilines is 1. The number of amides is 1. The Morgan fingerprint density at radius 2 is 1.57 bits per heavy atom. The van der Waals surface area contributed by atoms with Gasteiger partial charge in [-0.3, -0.25) is 4.79 Å². The van der Waals surface area contributed by atoms with Crippen molar-refractivity contribution < 1.29 is 9.53 Å². The molecule has 0 bridgehead atoms. The normalized spacial score (nSPS) is 11.2. The van der Waals surface area contributed by atoms with Crippen molar-refractivity contribution in [3.05, 3.63) is 84.9 Å². The molecule has 0 aliphatic rings. The number of carbonyl (C=O) groups excluding carboxylic acids is 1. The van der Waals surface area contributed by atoms with Crippen LogP contribution in [0.1, 0.15) is 6.92 Å². The van der Waals surface area contributed by atoms with Gasteiger partial charge in [-0.05, 0) is 42.6 Å². The molecule has 0 aliphatic heterocycles. The minimum Gasteiger partial charge on any atom is -0.483 e. The van der Waals surface area contributed by atoms with Crippen molar-refractivity contribution in [2.75, 3.05) is 11.9 Å². The van der Waals surface area contributed by atoms with Gasteiger partial charge in [0.15, 0.2) is 6.61 Å². The second-order valence-electron chi connectivity index (χ2n) is 7.31. The number of para-hydroxylation sites is 1. The molecular formula is C26H22N2O2. The summed E-state index contributed by atoms with van der Waals surface area (Å²) in [7, 11) is 0. The molecule has 148 valence electrons. The van der Waals surface area contributed by atoms with E-state index in [0.29, 0.717) is 5.75 Å². The molecule has 4 nitrogen and oxygen atoms in total. The summed E-state index contributed by atoms with van der Waals surface area (Å²) >= 11 is 0. The van der Waals surface area contributed by atoms with E-state index in [2.05, 4.69) is 41.1 Å². The van der Waals surface area contributed by atoms with E-state index in [9.17, 15) is 4.79 Å². The Kier molecular flexibility index (Phi) is 4.60. The number of hydrogen-bond acceptors (Lipinski definition) is 2. The lowest BCUT2D eigenvalue weighted by atomic mass is 10.1. The number of nitrogens with one attached hydrogen (secondary N) is 1. The number of ether oxygens (including phenoxy) is 1. The largest absolute Gasteiger partial charge is 0.483 e. The number of carbonyl (C=O) groups is 1. The molecule has 0 fully saturated rings. The minimum atomic E-state index is -0.179. The average Bonchev–Trinajstić information content (AvgIpc) is 3.10. The second-order valence-corrected chi connectivity index (χ2v) is 7.31. The zero-order chi connectivity index (χ0) is 20.5. The summed E-state index contributed by atoms with van der Waals surface area (Å²) in [5.74, 6) is 0.534. The molecule has 0 aliphatic carbocycles. The van der Waals surface area contributed by atoms with Crippen molar-refractivity contribution in [3.63, 3.8) is 0 Å². The smallest absolute Gasteiger partial charge is 0.262 e. The quantitative estimate of drug-likeness (QED) is 0.398. The van der Waals surface area contributed by atoms with Crippen LogP contribution in [0.15, 0.2) is 84.9 Å². The molecule has 1 N–H and O–H groups in total. The molecule has 1 aromatic heterocycles. The molecule has 0 saturated heterocycles. The SMILES string of the molecule is CCn1c2ccccc2c2cc(NC(=O)COc3cccc4ccccc34)ccc21. The monoisotopic (exact) mass is 394 g/mol. The van der Waals surface area contributed by atoms with Gasteiger partial charge in [0.2, 0.25) is 0 Å². The van der Waals surface area contributed by atoms with Crippen molar-refractivity contribution in [2.45, 2.75) is 13.5 Å². The Hall–Kier alpha value is -3.79. The van der Waals surface area contributed by atoms with Gasteiger partial charge in [0.25, 0.3) is 5.91 Å². The topological polar surface area (TPSA) is 43.3 Å². The van der Waals surface area contributed by atoms with Crippen molar-refractivity contribution >= 4 is 44.2 Å². The highest BCUT2D eigenvalue weighted by Gasteiger charge is 2.11. The highest BCUT2D eigenvalue weighted by Crippen LogP contribution is 2.31. The Balaban J connectivity index is 1.37. The molecule has 4 aromatic carbocycles. The van der Waals surface area contributed by atoms with Crippen molar-refractivity contribution in [3.8, 4) is 5.75 Å². The van der Waals surface area contributed by atoms with E-state index < -0.39 is 0 Å². The summed E-state index contributed by atoms with van der Waals surface area (Å²) in [6.45, 7) is 3.00. The Morgan fingerprint density at radius 3 is 2.43 bits per heavy atom. The van der Waals surface area contributed by atoms with Crippen LogP contribution in [0.5, 0.6) is 5.75 Å². The fraction of sp³-hybridized carbons (Fsp3) is 0.115. The summed E-state index contributed by atoms with van der Waals surface area (Å²) < 4.78 is 8.11. The predicted molar refractivity (Wildman–Crippen MR) is 123 cm³/mol. The molecule has 0 radical (unpaired) electrons. The fourth-order valence-electron chi connectivity index (χ4n) is 4.13. The Bertz CT molecular complexity index is 1380. The van der Waals surface area contributed by atoms with Crippen LogP contribution in [0.2, 0.25) is 0 Å². The van der Waals surface area contributed by atoms with Crippen LogP contribution in [-0.4, -0.2) is 17.1 Å². The number of hydrogen-bond donors (Lipinski definition) is 1. The standard InChI is InChI=1S/C26H22N2O2/c1-2-28-23-12-6-5-11-21(23)22-16-19(14-15-24(22)28)27-26(29)17-30-25-13-7-9-18-8-3-4-10-20(18)25/h3-16H,2,17H2,1H3,(H,27,29). The first-order valence-corrected chi connectivity index (χ1v) is 10.2. The van der Waals surface area contributed by atoms with E-state index >= 15 is 0 Å². The highest BCUT2D eigenvalue weighted by atomic mass is 16.5. The van der Waals surface area contributed by atoms with E-state index in [-0.39, 0.29) is 12.5 Å². The maximum Gasteiger partial charge on any atom is 0.262 e. The van der Waals surface area contributed by atoms with Gasteiger partial charge in [0.05, 0.1) is 0 Å². The van der Waals surface area contributed by atoms with E-state index in [1.807, 2.05) is 60.7 Å². The van der Waals surface area contributed by atoms with Crippen LogP contribution < -0.4 is 10.1 Å². The van der Waals surface area contributed by atoms with Gasteiger partial charge in [-0.2, -0.15) is 0 Å². The summed E-state index contributed by atoms with van der Waals surface area (Å²) in [6.07, 6.45) is 0. The van der Waals surface area contributed by atoms with Crippen molar-refractivity contribution in [2.24, 2.45) is 0 Å². The van der Waals surface area contributed by atoms with Gasteiger partial charge < -0.3 is 14.6 Å². The van der Waals surface area contributed by atoms with Gasteiger partial charge >= 0.3 is 0 Å². The molecule has 4 heteroatoms. The Labute approximate surface area is 174 Å². The molecular weight excluding hydrogens is 372 g/mol. The molecule has 0 spiro atoms. The van der Waals surface area contributed by atoms with Crippen LogP contribution in [0.25, 0.3) is 32.6 Å². The zero-order valence-corrected chi connectivity index (χ0v) is 16.8. The first-order chi connectivity index (χ1) is 14.7. The molecule has 1 heterocycles. The maximum atomic E-state index is 12.5. The van der Waals surface area contributed by atoms with Crippen LogP contribution in [0, 0.1) is 0 Å². The highest BCUT2D eigenvalue weighted by molar-refractivity contribution is 6.09. The van der Waals surface area contributed by atoms with E-state index in [0.717, 1.165) is 28.4 Å².